The Bertz CT molecular complexity index is 1280. The molecular weight excluding hydrogens is 529 g/mol. The van der Waals surface area contributed by atoms with E-state index < -0.39 is 19.0 Å². The number of nitrogen functional groups attached to an aromatic ring is 1. The normalized spacial score (nSPS) is 15.4. The molecule has 13 heteroatoms. The van der Waals surface area contributed by atoms with E-state index in [0.717, 1.165) is 5.56 Å². The average molecular weight is 566 g/mol. The first-order valence-corrected chi connectivity index (χ1v) is 14.7. The highest BCUT2D eigenvalue weighted by molar-refractivity contribution is 7.59. The molecule has 3 N–H and O–H groups in total. The number of carbonyl (C=O) groups is 1. The van der Waals surface area contributed by atoms with Crippen LogP contribution in [-0.4, -0.2) is 61.8 Å². The summed E-state index contributed by atoms with van der Waals surface area (Å²) in [6.45, 7) is 9.71. The molecule has 11 nitrogen and oxygen atoms in total. The first-order valence-electron chi connectivity index (χ1n) is 12.5. The Hall–Kier alpha value is -2.56. The van der Waals surface area contributed by atoms with Crippen LogP contribution in [0.5, 0.6) is 0 Å². The number of esters is 1. The Balaban J connectivity index is 1.81. The lowest BCUT2D eigenvalue weighted by atomic mass is 10.1. The zero-order chi connectivity index (χ0) is 28.1. The van der Waals surface area contributed by atoms with Crippen LogP contribution in [0.15, 0.2) is 36.9 Å². The van der Waals surface area contributed by atoms with Crippen molar-refractivity contribution < 1.29 is 18.8 Å². The molecular formula is C25H37ClN7O4P. The molecule has 2 aromatic heterocycles. The highest BCUT2D eigenvalue weighted by atomic mass is 35.5. The van der Waals surface area contributed by atoms with Crippen molar-refractivity contribution in [2.75, 3.05) is 25.7 Å². The van der Waals surface area contributed by atoms with Gasteiger partial charge in [-0.2, -0.15) is 0 Å². The second-order valence-corrected chi connectivity index (χ2v) is 12.8. The lowest BCUT2D eigenvalue weighted by molar-refractivity contribution is -0.149. The van der Waals surface area contributed by atoms with Crippen LogP contribution in [0.3, 0.4) is 0 Å². The molecule has 3 aromatic rings. The molecule has 1 aromatic carbocycles. The van der Waals surface area contributed by atoms with Gasteiger partial charge in [-0.25, -0.2) is 24.7 Å². The van der Waals surface area contributed by atoms with E-state index in [1.807, 2.05) is 37.5 Å². The number of rotatable bonds is 13. The van der Waals surface area contributed by atoms with Crippen LogP contribution in [-0.2, 0) is 25.4 Å². The minimum Gasteiger partial charge on any atom is -0.464 e. The van der Waals surface area contributed by atoms with Crippen molar-refractivity contribution >= 4 is 42.0 Å². The second-order valence-electron chi connectivity index (χ2n) is 9.81. The highest BCUT2D eigenvalue weighted by Crippen LogP contribution is 2.51. The maximum Gasteiger partial charge on any atom is 0.326 e. The number of carbonyl (C=O) groups excluding carboxylic acids is 1. The molecule has 0 aliphatic rings. The van der Waals surface area contributed by atoms with E-state index in [4.69, 9.17) is 26.8 Å². The summed E-state index contributed by atoms with van der Waals surface area (Å²) in [4.78, 5) is 25.3. The zero-order valence-corrected chi connectivity index (χ0v) is 24.4. The smallest absolute Gasteiger partial charge is 0.326 e. The molecule has 208 valence electrons. The molecule has 0 bridgehead atoms. The van der Waals surface area contributed by atoms with Gasteiger partial charge in [0.25, 0.3) is 0 Å². The van der Waals surface area contributed by atoms with Crippen molar-refractivity contribution in [1.29, 1.82) is 0 Å². The fourth-order valence-electron chi connectivity index (χ4n) is 3.89. The second kappa shape index (κ2) is 12.5. The third kappa shape index (κ3) is 7.09. The van der Waals surface area contributed by atoms with Crippen molar-refractivity contribution in [3.8, 4) is 0 Å². The van der Waals surface area contributed by atoms with Crippen LogP contribution >= 0.6 is 19.0 Å². The first-order chi connectivity index (χ1) is 17.9. The molecule has 0 radical (unpaired) electrons. The summed E-state index contributed by atoms with van der Waals surface area (Å²) in [6.07, 6.45) is 3.17. The molecule has 3 atom stereocenters. The lowest BCUT2D eigenvalue weighted by Gasteiger charge is -2.38. The van der Waals surface area contributed by atoms with Crippen LogP contribution < -0.4 is 10.8 Å². The van der Waals surface area contributed by atoms with E-state index >= 15 is 0 Å². The molecule has 0 aliphatic heterocycles. The number of aromatic nitrogens is 4. The minimum atomic E-state index is -3.49. The number of ether oxygens (including phenoxy) is 2. The number of hydrogen-bond donors (Lipinski definition) is 2. The monoisotopic (exact) mass is 565 g/mol. The van der Waals surface area contributed by atoms with Crippen LogP contribution in [0.25, 0.3) is 11.2 Å². The van der Waals surface area contributed by atoms with Gasteiger partial charge in [-0.05, 0) is 58.9 Å². The minimum absolute atomic E-state index is 0.156. The maximum absolute atomic E-state index is 14.6. The molecule has 0 saturated carbocycles. The summed E-state index contributed by atoms with van der Waals surface area (Å²) in [5, 5.41) is 3.70. The van der Waals surface area contributed by atoms with Gasteiger partial charge in [0.1, 0.15) is 23.7 Å². The first kappa shape index (κ1) is 30.0. The fourth-order valence-corrected chi connectivity index (χ4v) is 6.53. The van der Waals surface area contributed by atoms with Gasteiger partial charge in [0.15, 0.2) is 11.5 Å². The topological polar surface area (TPSA) is 137 Å². The molecule has 3 rings (SSSR count). The van der Waals surface area contributed by atoms with Crippen molar-refractivity contribution in [3.05, 3.63) is 47.5 Å². The summed E-state index contributed by atoms with van der Waals surface area (Å²) in [5.74, 6) is -0.187. The van der Waals surface area contributed by atoms with Crippen LogP contribution in [0.4, 0.5) is 5.82 Å². The zero-order valence-electron chi connectivity index (χ0n) is 22.7. The number of nitrogens with two attached hydrogens (primary N) is 1. The number of benzene rings is 1. The number of hydrogen-bond acceptors (Lipinski definition) is 8. The molecule has 0 fully saturated rings. The molecule has 0 saturated heterocycles. The van der Waals surface area contributed by atoms with Crippen molar-refractivity contribution in [1.82, 2.24) is 29.3 Å². The fraction of sp³-hybridized carbons (Fsp3) is 0.520. The maximum atomic E-state index is 14.6. The lowest BCUT2D eigenvalue weighted by Crippen LogP contribution is -2.49. The average Bonchev–Trinajstić information content (AvgIpc) is 3.29. The summed E-state index contributed by atoms with van der Waals surface area (Å²) in [5.41, 5.74) is 6.68. The van der Waals surface area contributed by atoms with Gasteiger partial charge >= 0.3 is 5.97 Å². The van der Waals surface area contributed by atoms with Gasteiger partial charge in [-0.15, -0.1) is 0 Å². The third-order valence-corrected chi connectivity index (χ3v) is 9.27. The van der Waals surface area contributed by atoms with Crippen LogP contribution in [0, 0.1) is 0 Å². The number of imidazole rings is 1. The Kier molecular flexibility index (Phi) is 9.89. The largest absolute Gasteiger partial charge is 0.464 e. The Labute approximate surface area is 228 Å². The van der Waals surface area contributed by atoms with Crippen molar-refractivity contribution in [2.45, 2.75) is 65.3 Å². The Morgan fingerprint density at radius 1 is 1.24 bits per heavy atom. The number of halogens is 1. The summed E-state index contributed by atoms with van der Waals surface area (Å²) in [7, 11) is -1.75. The van der Waals surface area contributed by atoms with E-state index in [1.165, 1.54) is 6.33 Å². The van der Waals surface area contributed by atoms with Crippen molar-refractivity contribution in [2.24, 2.45) is 0 Å². The summed E-state index contributed by atoms with van der Waals surface area (Å²) in [6, 6.07) is 7.07. The highest BCUT2D eigenvalue weighted by Gasteiger charge is 2.41. The molecule has 0 spiro atoms. The number of nitrogens with one attached hydrogen (secondary N) is 1. The van der Waals surface area contributed by atoms with Crippen LogP contribution in [0.2, 0.25) is 5.02 Å². The summed E-state index contributed by atoms with van der Waals surface area (Å²) < 4.78 is 29.6. The van der Waals surface area contributed by atoms with Gasteiger partial charge in [-0.3, -0.25) is 9.36 Å². The van der Waals surface area contributed by atoms with E-state index in [-0.39, 0.29) is 25.1 Å². The molecule has 38 heavy (non-hydrogen) atoms. The van der Waals surface area contributed by atoms with Gasteiger partial charge in [0, 0.05) is 11.1 Å². The van der Waals surface area contributed by atoms with Gasteiger partial charge < -0.3 is 19.8 Å². The van der Waals surface area contributed by atoms with Gasteiger partial charge in [0.2, 0.25) is 7.44 Å². The van der Waals surface area contributed by atoms with E-state index in [0.29, 0.717) is 35.0 Å². The van der Waals surface area contributed by atoms with Gasteiger partial charge in [-0.1, -0.05) is 30.7 Å². The van der Waals surface area contributed by atoms with E-state index in [1.54, 1.807) is 44.0 Å². The van der Waals surface area contributed by atoms with E-state index in [9.17, 15) is 9.36 Å². The molecule has 0 aliphatic carbocycles. The van der Waals surface area contributed by atoms with Crippen LogP contribution in [0.1, 0.15) is 52.6 Å². The standard InChI is InChI=1S/C25H37ClN7O4P/c1-7-12-36-24(34)25(4,5)31-38(35,32(6)18(3)19-8-10-20(26)11-9-19)16-37-17(2)13-33-15-30-21-22(27)28-14-29-23(21)33/h8-11,14-15,17-18H,7,12-13,16H2,1-6H3,(H,31,35)(H2,27,28,29)/t17?,18-,38?/m1/s1. The van der Waals surface area contributed by atoms with Gasteiger partial charge in [0.05, 0.1) is 25.6 Å². The molecule has 0 amide bonds. The Morgan fingerprint density at radius 2 is 1.92 bits per heavy atom. The van der Waals surface area contributed by atoms with Crippen molar-refractivity contribution in [3.63, 3.8) is 0 Å². The van der Waals surface area contributed by atoms with E-state index in [2.05, 4.69) is 20.0 Å². The number of fused-ring (bicyclic) bond motifs is 1. The number of anilines is 1. The Morgan fingerprint density at radius 3 is 2.58 bits per heavy atom. The SMILES string of the molecule is CCCOC(=O)C(C)(C)NP(=O)(COC(C)Cn1cnc2c(N)ncnc21)N(C)[C@H](C)c1ccc(Cl)cc1. The molecule has 2 unspecified atom stereocenters. The predicted molar refractivity (Wildman–Crippen MR) is 149 cm³/mol. The quantitative estimate of drug-likeness (QED) is 0.223. The third-order valence-electron chi connectivity index (χ3n) is 6.24. The molecule has 2 heterocycles. The number of nitrogens with zero attached hydrogens (tertiary/aromatic N) is 5. The summed E-state index contributed by atoms with van der Waals surface area (Å²) >= 11 is 6.06. The predicted octanol–water partition coefficient (Wildman–Crippen LogP) is 4.63.